The molecule has 2 aromatic carbocycles. The molecular weight excluding hydrogens is 382 g/mol. The molecule has 1 amide bonds. The zero-order chi connectivity index (χ0) is 30.3. The maximum absolute atomic E-state index is 12.5. The second-order valence-corrected chi connectivity index (χ2v) is 7.03. The summed E-state index contributed by atoms with van der Waals surface area (Å²) in [6.07, 6.45) is -5.14. The van der Waals surface area contributed by atoms with Gasteiger partial charge in [0.1, 0.15) is 0 Å². The Hall–Kier alpha value is -2.70. The number of thiazole rings is 1. The van der Waals surface area contributed by atoms with Crippen LogP contribution in [0, 0.1) is 6.92 Å². The summed E-state index contributed by atoms with van der Waals surface area (Å²) < 4.78 is 89.6. The molecule has 0 aliphatic carbocycles. The van der Waals surface area contributed by atoms with E-state index >= 15 is 0 Å². The minimum absolute atomic E-state index is 0.0172. The van der Waals surface area contributed by atoms with Crippen molar-refractivity contribution < 1.29 is 25.0 Å². The van der Waals surface area contributed by atoms with Crippen LogP contribution in [0.3, 0.4) is 0 Å². The summed E-state index contributed by atoms with van der Waals surface area (Å²) >= 11 is 0.877. The van der Waals surface area contributed by atoms with E-state index < -0.39 is 66.7 Å². The fourth-order valence-electron chi connectivity index (χ4n) is 2.41. The van der Waals surface area contributed by atoms with Crippen LogP contribution in [0.4, 0.5) is 10.8 Å². The predicted molar refractivity (Wildman–Crippen MR) is 119 cm³/mol. The lowest BCUT2D eigenvalue weighted by atomic mass is 10.00. The normalized spacial score (nSPS) is 17.8. The van der Waals surface area contributed by atoms with Gasteiger partial charge in [-0.15, -0.1) is 11.3 Å². The van der Waals surface area contributed by atoms with E-state index in [0.717, 1.165) is 11.3 Å². The highest BCUT2D eigenvalue weighted by Gasteiger charge is 2.08. The van der Waals surface area contributed by atoms with Crippen LogP contribution in [-0.2, 0) is 17.6 Å². The maximum Gasteiger partial charge on any atom is 0.230 e. The number of nitrogens with two attached hydrogens (primary N) is 1. The molecule has 0 unspecified atom stereocenters. The molecule has 0 aliphatic heterocycles. The van der Waals surface area contributed by atoms with Crippen molar-refractivity contribution in [2.75, 3.05) is 11.1 Å². The lowest BCUT2D eigenvalue weighted by Gasteiger charge is -2.11. The highest BCUT2D eigenvalue weighted by molar-refractivity contribution is 7.13. The van der Waals surface area contributed by atoms with Crippen molar-refractivity contribution in [2.24, 2.45) is 0 Å². The van der Waals surface area contributed by atoms with Gasteiger partial charge in [0.25, 0.3) is 0 Å². The lowest BCUT2D eigenvalue weighted by Crippen LogP contribution is -2.14. The summed E-state index contributed by atoms with van der Waals surface area (Å²) in [5.41, 5.74) is 4.92. The number of carbonyl (C=O) groups is 1. The number of benzene rings is 2. The minimum atomic E-state index is -2.14. The van der Waals surface area contributed by atoms with Gasteiger partial charge in [0.2, 0.25) is 5.91 Å². The zero-order valence-electron chi connectivity index (χ0n) is 26.7. The van der Waals surface area contributed by atoms with Crippen LogP contribution < -0.4 is 11.1 Å². The molecule has 1 aromatic heterocycles. The molecule has 29 heavy (non-hydrogen) atoms. The van der Waals surface area contributed by atoms with Crippen molar-refractivity contribution in [2.45, 2.75) is 45.1 Å². The number of amides is 1. The third-order valence-corrected chi connectivity index (χ3v) is 4.42. The molecule has 6 heteroatoms. The van der Waals surface area contributed by atoms with Gasteiger partial charge >= 0.3 is 0 Å². The van der Waals surface area contributed by atoms with Crippen LogP contribution in [0.15, 0.2) is 53.7 Å². The van der Waals surface area contributed by atoms with Crippen LogP contribution in [0.5, 0.6) is 0 Å². The molecule has 0 saturated heterocycles. The van der Waals surface area contributed by atoms with Gasteiger partial charge in [-0.25, -0.2) is 4.98 Å². The number of hydrogen-bond acceptors (Lipinski definition) is 5. The molecule has 0 aliphatic rings. The standard InChI is InChI=1S/C23H27N3O2S/c1-16-5-4-7-18(13-16)21(27)8-3-2-6-17-9-11-19(12-10-17)25-22(28)14-20-15-29-23(24)26-20/h4-5,7,9-13,15,21,27H,2-3,6,8,14H2,1H3,(H2,24,26)(H,25,28)/t21-/m0/s1/i2D2,4D,5D,7D,9D,10D,11D,12D,13D,15D. The Labute approximate surface area is 191 Å². The van der Waals surface area contributed by atoms with Crippen LogP contribution in [0.1, 0.15) is 62.8 Å². The summed E-state index contributed by atoms with van der Waals surface area (Å²) in [6.45, 7) is 1.42. The van der Waals surface area contributed by atoms with E-state index in [9.17, 15) is 9.90 Å². The van der Waals surface area contributed by atoms with Crippen molar-refractivity contribution in [3.63, 3.8) is 0 Å². The van der Waals surface area contributed by atoms with Gasteiger partial charge in [0.15, 0.2) is 5.13 Å². The molecule has 0 spiro atoms. The SMILES string of the molecule is [2H]c1sc(N)nc1CC(=O)Nc1c([2H])c([2H])c(CC([2H])([2H])CC[C@H](O)c2c([2H])c([2H])c([2H])c(C)c2[2H])c([2H])c1[2H]. The first-order valence-electron chi connectivity index (χ1n) is 14.3. The molecular formula is C23H27N3O2S. The fourth-order valence-corrected chi connectivity index (χ4v) is 2.91. The molecule has 0 bridgehead atoms. The average Bonchev–Trinajstić information content (AvgIpc) is 3.20. The molecule has 4 N–H and O–H groups in total. The van der Waals surface area contributed by atoms with Crippen molar-refractivity contribution in [3.05, 3.63) is 76.1 Å². The summed E-state index contributed by atoms with van der Waals surface area (Å²) in [4.78, 5) is 16.3. The monoisotopic (exact) mass is 420 g/mol. The first-order chi connectivity index (χ1) is 18.5. The maximum atomic E-state index is 12.5. The van der Waals surface area contributed by atoms with E-state index in [-0.39, 0.29) is 64.2 Å². The Morgan fingerprint density at radius 2 is 2.14 bits per heavy atom. The highest BCUT2D eigenvalue weighted by Crippen LogP contribution is 2.21. The van der Waals surface area contributed by atoms with E-state index in [1.165, 1.54) is 6.92 Å². The van der Waals surface area contributed by atoms with Crippen molar-refractivity contribution in [1.29, 1.82) is 0 Å². The van der Waals surface area contributed by atoms with Crippen LogP contribution in [0.2, 0.25) is 0 Å². The molecule has 1 atom stereocenters. The van der Waals surface area contributed by atoms with Gasteiger partial charge in [-0.05, 0) is 49.4 Å². The topological polar surface area (TPSA) is 88.2 Å². The minimum Gasteiger partial charge on any atom is -0.388 e. The number of aromatic nitrogens is 1. The average molecular weight is 421 g/mol. The molecule has 0 fully saturated rings. The van der Waals surface area contributed by atoms with E-state index in [0.29, 0.717) is 0 Å². The lowest BCUT2D eigenvalue weighted by molar-refractivity contribution is -0.115. The first-order valence-corrected chi connectivity index (χ1v) is 9.64. The Morgan fingerprint density at radius 1 is 1.34 bits per heavy atom. The number of rotatable bonds is 9. The van der Waals surface area contributed by atoms with Crippen LogP contribution in [0.25, 0.3) is 0 Å². The van der Waals surface area contributed by atoms with Gasteiger partial charge in [0.05, 0.1) is 30.6 Å². The molecule has 5 nitrogen and oxygen atoms in total. The van der Waals surface area contributed by atoms with Crippen LogP contribution in [-0.4, -0.2) is 16.0 Å². The van der Waals surface area contributed by atoms with Gasteiger partial charge in [-0.3, -0.25) is 4.79 Å². The molecule has 152 valence electrons. The Bertz CT molecular complexity index is 1420. The number of nitrogen functional groups attached to an aromatic ring is 1. The van der Waals surface area contributed by atoms with Crippen molar-refractivity contribution in [3.8, 4) is 0 Å². The van der Waals surface area contributed by atoms with Crippen molar-refractivity contribution in [1.82, 2.24) is 4.98 Å². The number of anilines is 2. The third-order valence-electron chi connectivity index (χ3n) is 3.79. The van der Waals surface area contributed by atoms with E-state index in [2.05, 4.69) is 10.3 Å². The van der Waals surface area contributed by atoms with Gasteiger partial charge < -0.3 is 16.2 Å². The number of carbonyl (C=O) groups excluding carboxylic acids is 1. The Balaban J connectivity index is 1.79. The van der Waals surface area contributed by atoms with Crippen LogP contribution >= 0.6 is 11.3 Å². The van der Waals surface area contributed by atoms with Crippen molar-refractivity contribution >= 4 is 28.1 Å². The first kappa shape index (κ1) is 10.9. The highest BCUT2D eigenvalue weighted by atomic mass is 32.1. The fraction of sp³-hybridized carbons (Fsp3) is 0.304. The number of aliphatic hydroxyl groups excluding tert-OH is 1. The smallest absolute Gasteiger partial charge is 0.230 e. The number of hydrogen-bond donors (Lipinski definition) is 3. The molecule has 1 heterocycles. The Morgan fingerprint density at radius 3 is 2.86 bits per heavy atom. The molecule has 3 rings (SSSR count). The largest absolute Gasteiger partial charge is 0.388 e. The van der Waals surface area contributed by atoms with Gasteiger partial charge in [-0.1, -0.05) is 48.2 Å². The molecule has 0 saturated carbocycles. The van der Waals surface area contributed by atoms with E-state index in [4.69, 9.17) is 20.8 Å². The van der Waals surface area contributed by atoms with Gasteiger partial charge in [-0.2, -0.15) is 0 Å². The summed E-state index contributed by atoms with van der Waals surface area (Å²) in [7, 11) is 0. The summed E-state index contributed by atoms with van der Waals surface area (Å²) in [5.74, 6) is -0.733. The number of aliphatic hydroxyl groups is 1. The zero-order valence-corrected chi connectivity index (χ0v) is 16.5. The molecule has 0 radical (unpaired) electrons. The number of nitrogens with zero attached hydrogens (tertiary/aromatic N) is 1. The second kappa shape index (κ2) is 10.2. The number of nitrogens with one attached hydrogen (secondary N) is 1. The summed E-state index contributed by atoms with van der Waals surface area (Å²) in [6, 6.07) is -3.78. The predicted octanol–water partition coefficient (Wildman–Crippen LogP) is 4.66. The van der Waals surface area contributed by atoms with E-state index in [1.54, 1.807) is 0 Å². The third kappa shape index (κ3) is 6.69. The molecule has 3 aromatic rings. The van der Waals surface area contributed by atoms with Gasteiger partial charge in [0, 0.05) is 13.8 Å². The second-order valence-electron chi connectivity index (χ2n) is 6.20. The quantitative estimate of drug-likeness (QED) is 0.470. The van der Waals surface area contributed by atoms with E-state index in [1.807, 2.05) is 0 Å². The Kier molecular flexibility index (Phi) is 3.83. The summed E-state index contributed by atoms with van der Waals surface area (Å²) in [5, 5.41) is 13.0.